The molecule has 1 fully saturated rings. The van der Waals surface area contributed by atoms with Crippen molar-refractivity contribution in [3.05, 3.63) is 48.1 Å². The summed E-state index contributed by atoms with van der Waals surface area (Å²) in [5.41, 5.74) is 1.67. The molecule has 15 heteroatoms. The number of amides is 2. The normalized spacial score (nSPS) is 22.7. The standard InChI is InChI=1S/C51H82ClN3O11/c1-6-8-9-10-11-12-13-14-15-18-26-53-48(59)64-39-23-24-44-42(36-39)46-40(22-17-20-29-57)38(21-16-19-28-56)35-41-43(54-66-50(3,4)5)37-45(51(65-44,47(41)46)63-31-7-2)55(27-33-61-34-30-58)49(60)62-32-25-52/h7,23-24,35-36,38,40,45-47,56-58H,2,6,8-22,25-34,37H2,1,3-5H3,(H,53,59). The predicted octanol–water partition coefficient (Wildman–Crippen LogP) is 9.81. The Labute approximate surface area is 399 Å². The largest absolute Gasteiger partial charge is 0.459 e. The number of halogens is 1. The van der Waals surface area contributed by atoms with E-state index in [1.165, 1.54) is 44.9 Å². The molecule has 4 rings (SSSR count). The van der Waals surface area contributed by atoms with Crippen LogP contribution < -0.4 is 14.8 Å². The summed E-state index contributed by atoms with van der Waals surface area (Å²) < 4.78 is 31.7. The lowest BCUT2D eigenvalue weighted by Gasteiger charge is -2.59. The number of aliphatic hydroxyl groups excluding tert-OH is 3. The highest BCUT2D eigenvalue weighted by atomic mass is 35.5. The van der Waals surface area contributed by atoms with Crippen molar-refractivity contribution in [3.63, 3.8) is 0 Å². The topological polar surface area (TPSA) is 178 Å². The number of hydrogen-bond acceptors (Lipinski definition) is 12. The van der Waals surface area contributed by atoms with Gasteiger partial charge < -0.3 is 49.2 Å². The molecule has 6 unspecified atom stereocenters. The third-order valence-electron chi connectivity index (χ3n) is 12.7. The van der Waals surface area contributed by atoms with Crippen LogP contribution >= 0.6 is 11.6 Å². The van der Waals surface area contributed by atoms with Crippen LogP contribution in [0.2, 0.25) is 0 Å². The molecular weight excluding hydrogens is 866 g/mol. The molecule has 2 amide bonds. The number of fused-ring (bicyclic) bond motifs is 2. The minimum atomic E-state index is -1.53. The molecule has 1 heterocycles. The van der Waals surface area contributed by atoms with E-state index in [0.717, 1.165) is 56.1 Å². The van der Waals surface area contributed by atoms with Gasteiger partial charge in [-0.2, -0.15) is 0 Å². The van der Waals surface area contributed by atoms with Gasteiger partial charge in [0, 0.05) is 44.2 Å². The molecule has 4 N–H and O–H groups in total. The van der Waals surface area contributed by atoms with Crippen molar-refractivity contribution in [1.29, 1.82) is 0 Å². The molecule has 0 saturated heterocycles. The maximum absolute atomic E-state index is 14.3. The molecule has 3 aliphatic rings. The molecule has 14 nitrogen and oxygen atoms in total. The highest BCUT2D eigenvalue weighted by Gasteiger charge is 2.65. The number of hydrogen-bond donors (Lipinski definition) is 4. The van der Waals surface area contributed by atoms with E-state index in [1.54, 1.807) is 17.0 Å². The summed E-state index contributed by atoms with van der Waals surface area (Å²) in [4.78, 5) is 35.3. The number of alkyl halides is 1. The second-order valence-corrected chi connectivity index (χ2v) is 19.2. The van der Waals surface area contributed by atoms with Crippen molar-refractivity contribution in [1.82, 2.24) is 10.2 Å². The lowest BCUT2D eigenvalue weighted by atomic mass is 9.55. The van der Waals surface area contributed by atoms with Gasteiger partial charge in [0.15, 0.2) is 0 Å². The number of carbonyl (C=O) groups is 2. The van der Waals surface area contributed by atoms with Crippen molar-refractivity contribution in [3.8, 4) is 11.5 Å². The van der Waals surface area contributed by atoms with E-state index in [-0.39, 0.29) is 82.8 Å². The van der Waals surface area contributed by atoms with Gasteiger partial charge in [-0.15, -0.1) is 18.2 Å². The summed E-state index contributed by atoms with van der Waals surface area (Å²) in [6.07, 6.45) is 19.2. The summed E-state index contributed by atoms with van der Waals surface area (Å²) in [5, 5.41) is 37.2. The van der Waals surface area contributed by atoms with Crippen molar-refractivity contribution >= 4 is 29.5 Å². The molecule has 0 aromatic heterocycles. The molecule has 0 bridgehead atoms. The predicted molar refractivity (Wildman–Crippen MR) is 258 cm³/mol. The van der Waals surface area contributed by atoms with Crippen molar-refractivity contribution in [2.75, 3.05) is 65.2 Å². The van der Waals surface area contributed by atoms with E-state index in [1.807, 2.05) is 32.9 Å². The number of unbranched alkanes of at least 4 members (excludes halogenated alkanes) is 11. The average Bonchev–Trinajstić information content (AvgIpc) is 3.29. The first kappa shape index (κ1) is 55.2. The lowest BCUT2D eigenvalue weighted by molar-refractivity contribution is -0.256. The van der Waals surface area contributed by atoms with Gasteiger partial charge in [0.25, 0.3) is 0 Å². The number of carbonyl (C=O) groups excluding carboxylic acids is 2. The molecule has 66 heavy (non-hydrogen) atoms. The zero-order chi connectivity index (χ0) is 47.8. The van der Waals surface area contributed by atoms with E-state index in [2.05, 4.69) is 24.9 Å². The Morgan fingerprint density at radius 1 is 0.939 bits per heavy atom. The van der Waals surface area contributed by atoms with Crippen molar-refractivity contribution in [2.24, 2.45) is 22.9 Å². The van der Waals surface area contributed by atoms with Gasteiger partial charge in [-0.1, -0.05) is 94.9 Å². The lowest BCUT2D eigenvalue weighted by Crippen LogP contribution is -2.70. The van der Waals surface area contributed by atoms with Crippen LogP contribution in [-0.4, -0.2) is 121 Å². The van der Waals surface area contributed by atoms with Crippen LogP contribution in [0.15, 0.2) is 47.7 Å². The van der Waals surface area contributed by atoms with E-state index >= 15 is 0 Å². The minimum absolute atomic E-state index is 0.0107. The Morgan fingerprint density at radius 3 is 2.29 bits per heavy atom. The highest BCUT2D eigenvalue weighted by molar-refractivity contribution is 6.18. The van der Waals surface area contributed by atoms with Crippen LogP contribution in [0.25, 0.3) is 0 Å². The number of ether oxygens (including phenoxy) is 5. The van der Waals surface area contributed by atoms with E-state index < -0.39 is 35.5 Å². The fourth-order valence-electron chi connectivity index (χ4n) is 9.76. The van der Waals surface area contributed by atoms with Crippen LogP contribution in [-0.2, 0) is 19.0 Å². The number of allylic oxidation sites excluding steroid dienone is 1. The maximum atomic E-state index is 14.3. The summed E-state index contributed by atoms with van der Waals surface area (Å²) in [5.74, 6) is -1.50. The molecule has 374 valence electrons. The molecule has 6 atom stereocenters. The minimum Gasteiger partial charge on any atom is -0.459 e. The fraction of sp³-hybridized carbons (Fsp3) is 0.745. The summed E-state index contributed by atoms with van der Waals surface area (Å²) in [6.45, 7) is 12.7. The van der Waals surface area contributed by atoms with Crippen molar-refractivity contribution in [2.45, 2.75) is 160 Å². The third kappa shape index (κ3) is 16.4. The molecule has 0 spiro atoms. The van der Waals surface area contributed by atoms with Gasteiger partial charge >= 0.3 is 12.2 Å². The van der Waals surface area contributed by atoms with Gasteiger partial charge in [-0.05, 0) is 88.5 Å². The number of oxime groups is 1. The summed E-state index contributed by atoms with van der Waals surface area (Å²) >= 11 is 6.04. The highest BCUT2D eigenvalue weighted by Crippen LogP contribution is 2.62. The Morgan fingerprint density at radius 2 is 1.64 bits per heavy atom. The Balaban J connectivity index is 1.81. The van der Waals surface area contributed by atoms with E-state index in [4.69, 9.17) is 45.3 Å². The third-order valence-corrected chi connectivity index (χ3v) is 12.9. The zero-order valence-corrected chi connectivity index (χ0v) is 41.2. The zero-order valence-electron chi connectivity index (χ0n) is 40.5. The summed E-state index contributed by atoms with van der Waals surface area (Å²) in [7, 11) is 0. The fourth-order valence-corrected chi connectivity index (χ4v) is 9.84. The number of benzene rings is 1. The summed E-state index contributed by atoms with van der Waals surface area (Å²) in [6, 6.07) is 4.57. The first-order chi connectivity index (χ1) is 32.0. The second kappa shape index (κ2) is 29.5. The molecule has 0 radical (unpaired) electrons. The number of nitrogens with zero attached hydrogens (tertiary/aromatic N) is 2. The number of aliphatic hydroxyl groups is 3. The van der Waals surface area contributed by atoms with Crippen molar-refractivity contribution < 1.29 is 53.4 Å². The number of nitrogens with one attached hydrogen (secondary N) is 1. The van der Waals surface area contributed by atoms with Gasteiger partial charge in [-0.3, -0.25) is 4.90 Å². The molecular formula is C51H82ClN3O11. The smallest absolute Gasteiger partial charge is 0.412 e. The quantitative estimate of drug-likeness (QED) is 0.0234. The van der Waals surface area contributed by atoms with Crippen LogP contribution in [0.5, 0.6) is 11.5 Å². The second-order valence-electron chi connectivity index (χ2n) is 18.8. The van der Waals surface area contributed by atoms with Crippen LogP contribution in [0.1, 0.15) is 148 Å². The van der Waals surface area contributed by atoms with Gasteiger partial charge in [0.05, 0.1) is 43.9 Å². The Kier molecular flexibility index (Phi) is 24.7. The van der Waals surface area contributed by atoms with E-state index in [9.17, 15) is 24.9 Å². The first-order valence-corrected chi connectivity index (χ1v) is 25.4. The SMILES string of the molecule is C=CCOC12Oc3ccc(OC(=O)NCCCCCCCCCCCC)cc3C3C(CCCCO)C(CCCCO)C=C(C(=NOC(C)(C)C)CC1N(CCOCCO)C(=O)OCCCl)C32. The number of rotatable bonds is 32. The molecule has 1 saturated carbocycles. The maximum Gasteiger partial charge on any atom is 0.412 e. The molecule has 1 aromatic carbocycles. The van der Waals surface area contributed by atoms with Gasteiger partial charge in [0.1, 0.15) is 29.7 Å². The Bertz CT molecular complexity index is 1670. The van der Waals surface area contributed by atoms with Crippen LogP contribution in [0, 0.1) is 17.8 Å². The van der Waals surface area contributed by atoms with Crippen LogP contribution in [0.3, 0.4) is 0 Å². The Hall–Kier alpha value is -3.40. The monoisotopic (exact) mass is 948 g/mol. The first-order valence-electron chi connectivity index (χ1n) is 24.9. The van der Waals surface area contributed by atoms with Crippen LogP contribution in [0.4, 0.5) is 9.59 Å². The van der Waals surface area contributed by atoms with Gasteiger partial charge in [-0.25, -0.2) is 9.59 Å². The molecule has 1 aliphatic heterocycles. The molecule has 2 aliphatic carbocycles. The molecule has 1 aromatic rings. The van der Waals surface area contributed by atoms with Gasteiger partial charge in [0.2, 0.25) is 5.79 Å². The van der Waals surface area contributed by atoms with E-state index in [0.29, 0.717) is 36.6 Å². The average molecular weight is 949 g/mol.